The number of rotatable bonds is 6. The first-order valence-electron chi connectivity index (χ1n) is 3.95. The van der Waals surface area contributed by atoms with Crippen molar-refractivity contribution in [1.82, 2.24) is 10.0 Å². The summed E-state index contributed by atoms with van der Waals surface area (Å²) in [6, 6.07) is 0. The van der Waals surface area contributed by atoms with Gasteiger partial charge in [-0.25, -0.2) is 8.93 Å². The van der Waals surface area contributed by atoms with E-state index in [2.05, 4.69) is 16.6 Å². The van der Waals surface area contributed by atoms with Crippen molar-refractivity contribution in [2.24, 2.45) is 0 Å². The Labute approximate surface area is 82.2 Å². The van der Waals surface area contributed by atoms with Crippen LogP contribution in [0.3, 0.4) is 0 Å². The molecule has 1 atom stereocenters. The molecule has 0 bridgehead atoms. The van der Waals surface area contributed by atoms with Gasteiger partial charge in [-0.2, -0.15) is 0 Å². The van der Waals surface area contributed by atoms with Crippen LogP contribution in [-0.2, 0) is 11.0 Å². The molecule has 0 spiro atoms. The highest BCUT2D eigenvalue weighted by Crippen LogP contribution is 1.97. The summed E-state index contributed by atoms with van der Waals surface area (Å²) in [6.07, 6.45) is 7.23. The normalized spacial score (nSPS) is 14.5. The van der Waals surface area contributed by atoms with Crippen LogP contribution in [0.25, 0.3) is 0 Å². The maximum Gasteiger partial charge on any atom is 0.0957 e. The minimum absolute atomic E-state index is 0.480. The number of nitrogens with one attached hydrogen (secondary N) is 2. The molecule has 0 aromatic rings. The summed E-state index contributed by atoms with van der Waals surface area (Å²) in [5.74, 6) is 0.480. The van der Waals surface area contributed by atoms with Gasteiger partial charge in [0.25, 0.3) is 0 Å². The van der Waals surface area contributed by atoms with E-state index in [1.807, 2.05) is 19.2 Å². The van der Waals surface area contributed by atoms with E-state index in [0.717, 1.165) is 5.57 Å². The van der Waals surface area contributed by atoms with Crippen molar-refractivity contribution in [1.29, 1.82) is 0 Å². The van der Waals surface area contributed by atoms with Crippen molar-refractivity contribution in [2.45, 2.75) is 0 Å². The molecule has 0 heterocycles. The first kappa shape index (κ1) is 12.1. The number of hydrogen-bond acceptors (Lipinski definition) is 2. The summed E-state index contributed by atoms with van der Waals surface area (Å²) in [6.45, 7) is 3.64. The third-order valence-corrected chi connectivity index (χ3v) is 2.41. The smallest absolute Gasteiger partial charge is 0.0957 e. The lowest BCUT2D eigenvalue weighted by Crippen LogP contribution is -2.14. The van der Waals surface area contributed by atoms with Crippen molar-refractivity contribution >= 4 is 11.0 Å². The highest BCUT2D eigenvalue weighted by atomic mass is 32.2. The van der Waals surface area contributed by atoms with E-state index in [9.17, 15) is 4.21 Å². The molecular formula is C9H16N2OS. The van der Waals surface area contributed by atoms with Gasteiger partial charge in [0.2, 0.25) is 0 Å². The van der Waals surface area contributed by atoms with Crippen LogP contribution in [0, 0.1) is 0 Å². The van der Waals surface area contributed by atoms with Crippen LogP contribution in [0.1, 0.15) is 0 Å². The van der Waals surface area contributed by atoms with Gasteiger partial charge in [-0.05, 0) is 24.9 Å². The van der Waals surface area contributed by atoms with Gasteiger partial charge in [0.15, 0.2) is 0 Å². The molecule has 0 fully saturated rings. The van der Waals surface area contributed by atoms with E-state index in [-0.39, 0.29) is 0 Å². The van der Waals surface area contributed by atoms with Crippen LogP contribution < -0.4 is 10.0 Å². The lowest BCUT2D eigenvalue weighted by atomic mass is 10.3. The van der Waals surface area contributed by atoms with Crippen LogP contribution in [0.5, 0.6) is 0 Å². The first-order valence-corrected chi connectivity index (χ1v) is 5.27. The van der Waals surface area contributed by atoms with Gasteiger partial charge in [-0.1, -0.05) is 18.7 Å². The van der Waals surface area contributed by atoms with Crippen molar-refractivity contribution < 1.29 is 4.21 Å². The van der Waals surface area contributed by atoms with E-state index >= 15 is 0 Å². The Bertz CT molecular complexity index is 234. The number of allylic oxidation sites excluding steroid dienone is 3. The molecular weight excluding hydrogens is 184 g/mol. The predicted octanol–water partition coefficient (Wildman–Crippen LogP) is 0.715. The Kier molecular flexibility index (Phi) is 7.24. The van der Waals surface area contributed by atoms with Gasteiger partial charge >= 0.3 is 0 Å². The van der Waals surface area contributed by atoms with Gasteiger partial charge in [0.05, 0.1) is 16.7 Å². The average molecular weight is 200 g/mol. The second-order valence-electron chi connectivity index (χ2n) is 2.29. The lowest BCUT2D eigenvalue weighted by molar-refractivity contribution is 0.679. The molecule has 0 aliphatic carbocycles. The van der Waals surface area contributed by atoms with Gasteiger partial charge in [0.1, 0.15) is 0 Å². The van der Waals surface area contributed by atoms with Crippen LogP contribution in [0.4, 0.5) is 0 Å². The Morgan fingerprint density at radius 2 is 2.23 bits per heavy atom. The molecule has 74 valence electrons. The van der Waals surface area contributed by atoms with Crippen LogP contribution in [0.15, 0.2) is 36.6 Å². The van der Waals surface area contributed by atoms with Crippen LogP contribution in [0.2, 0.25) is 0 Å². The fraction of sp³-hybridized carbons (Fsp3) is 0.333. The zero-order chi connectivity index (χ0) is 10.1. The molecule has 13 heavy (non-hydrogen) atoms. The second-order valence-corrected chi connectivity index (χ2v) is 3.68. The Morgan fingerprint density at radius 3 is 2.69 bits per heavy atom. The quantitative estimate of drug-likeness (QED) is 0.620. The summed E-state index contributed by atoms with van der Waals surface area (Å²) >= 11 is 0. The van der Waals surface area contributed by atoms with E-state index in [1.165, 1.54) is 0 Å². The fourth-order valence-electron chi connectivity index (χ4n) is 0.667. The molecule has 0 aromatic heterocycles. The van der Waals surface area contributed by atoms with E-state index < -0.39 is 11.0 Å². The zero-order valence-electron chi connectivity index (χ0n) is 8.04. The molecule has 0 radical (unpaired) electrons. The molecule has 2 N–H and O–H groups in total. The van der Waals surface area contributed by atoms with Crippen molar-refractivity contribution in [3.63, 3.8) is 0 Å². The lowest BCUT2D eigenvalue weighted by Gasteiger charge is -1.99. The van der Waals surface area contributed by atoms with E-state index in [0.29, 0.717) is 5.75 Å². The van der Waals surface area contributed by atoms with Crippen LogP contribution in [-0.4, -0.2) is 24.1 Å². The predicted molar refractivity (Wildman–Crippen MR) is 58.5 cm³/mol. The maximum atomic E-state index is 11.1. The van der Waals surface area contributed by atoms with Gasteiger partial charge in [-0.3, -0.25) is 0 Å². The summed E-state index contributed by atoms with van der Waals surface area (Å²) in [5.41, 5.74) is 0.944. The monoisotopic (exact) mass is 200 g/mol. The summed E-state index contributed by atoms with van der Waals surface area (Å²) in [5, 5.41) is 2.86. The van der Waals surface area contributed by atoms with Crippen molar-refractivity contribution in [3.8, 4) is 0 Å². The molecule has 3 nitrogen and oxygen atoms in total. The third-order valence-electron chi connectivity index (χ3n) is 1.36. The summed E-state index contributed by atoms with van der Waals surface area (Å²) in [4.78, 5) is 0. The summed E-state index contributed by atoms with van der Waals surface area (Å²) in [7, 11) is 2.48. The largest absolute Gasteiger partial charge is 0.394 e. The van der Waals surface area contributed by atoms with Crippen LogP contribution >= 0.6 is 0 Å². The van der Waals surface area contributed by atoms with Crippen molar-refractivity contribution in [3.05, 3.63) is 36.6 Å². The van der Waals surface area contributed by atoms with E-state index in [4.69, 9.17) is 0 Å². The Morgan fingerprint density at radius 1 is 1.54 bits per heavy atom. The van der Waals surface area contributed by atoms with E-state index in [1.54, 1.807) is 19.3 Å². The minimum atomic E-state index is -1.01. The molecule has 0 amide bonds. The average Bonchev–Trinajstić information content (AvgIpc) is 2.16. The molecule has 0 aliphatic rings. The van der Waals surface area contributed by atoms with Gasteiger partial charge in [-0.15, -0.1) is 0 Å². The third kappa shape index (κ3) is 6.31. The highest BCUT2D eigenvalue weighted by Gasteiger charge is 1.96. The Balaban J connectivity index is 4.16. The molecule has 0 aliphatic heterocycles. The van der Waals surface area contributed by atoms with Gasteiger partial charge in [0, 0.05) is 7.05 Å². The number of hydrogen-bond donors (Lipinski definition) is 2. The first-order chi connectivity index (χ1) is 6.24. The topological polar surface area (TPSA) is 41.1 Å². The minimum Gasteiger partial charge on any atom is -0.394 e. The molecule has 4 heteroatoms. The molecule has 0 rings (SSSR count). The standard InChI is InChI=1S/C9H16N2OS/c1-4-9(6-5-7-10-2)8-13(12)11-3/h4-7,10-11H,1,8H2,2-3H3/b7-5+,9-6+. The fourth-order valence-corrected chi connectivity index (χ4v) is 1.33. The molecule has 0 saturated carbocycles. The molecule has 1 unspecified atom stereocenters. The SMILES string of the molecule is C=C/C(=C\C=C\NC)CS(=O)NC. The maximum absolute atomic E-state index is 11.1. The highest BCUT2D eigenvalue weighted by molar-refractivity contribution is 7.83. The second kappa shape index (κ2) is 7.76. The van der Waals surface area contributed by atoms with Crippen molar-refractivity contribution in [2.75, 3.05) is 19.8 Å². The zero-order valence-corrected chi connectivity index (χ0v) is 8.86. The van der Waals surface area contributed by atoms with Gasteiger partial charge < -0.3 is 5.32 Å². The molecule has 0 saturated heterocycles. The Hall–Kier alpha value is -0.870. The molecule has 0 aromatic carbocycles. The summed E-state index contributed by atoms with van der Waals surface area (Å²) < 4.78 is 13.7.